The summed E-state index contributed by atoms with van der Waals surface area (Å²) in [6.07, 6.45) is -1.61. The zero-order chi connectivity index (χ0) is 19.9. The second-order valence-electron chi connectivity index (χ2n) is 6.61. The number of nitrogens with one attached hydrogen (secondary N) is 1. The Morgan fingerprint density at radius 1 is 1.07 bits per heavy atom. The fourth-order valence-corrected chi connectivity index (χ4v) is 3.11. The van der Waals surface area contributed by atoms with E-state index in [1.54, 1.807) is 0 Å². The van der Waals surface area contributed by atoms with Crippen molar-refractivity contribution in [3.05, 3.63) is 71.8 Å². The van der Waals surface area contributed by atoms with Gasteiger partial charge in [0.05, 0.1) is 12.6 Å². The van der Waals surface area contributed by atoms with Gasteiger partial charge in [-0.3, -0.25) is 9.69 Å². The fraction of sp³-hybridized carbons (Fsp3) is 0.333. The van der Waals surface area contributed by atoms with E-state index in [4.69, 9.17) is 9.47 Å². The number of amides is 2. The highest BCUT2D eigenvalue weighted by molar-refractivity contribution is 5.92. The quantitative estimate of drug-likeness (QED) is 0.677. The third kappa shape index (κ3) is 4.88. The summed E-state index contributed by atoms with van der Waals surface area (Å²) in [6, 6.07) is 17.3. The molecule has 7 nitrogen and oxygen atoms in total. The molecule has 148 valence electrons. The van der Waals surface area contributed by atoms with Gasteiger partial charge >= 0.3 is 6.09 Å². The zero-order valence-corrected chi connectivity index (χ0v) is 15.7. The Morgan fingerprint density at radius 2 is 1.68 bits per heavy atom. The van der Waals surface area contributed by atoms with Crippen molar-refractivity contribution in [2.24, 2.45) is 0 Å². The molecular weight excluding hydrogens is 360 g/mol. The Balaban J connectivity index is 1.60. The van der Waals surface area contributed by atoms with E-state index in [2.05, 4.69) is 5.32 Å². The molecule has 2 aromatic rings. The number of hydrogen-bond acceptors (Lipinski definition) is 5. The van der Waals surface area contributed by atoms with Crippen LogP contribution in [0.15, 0.2) is 60.7 Å². The second kappa shape index (κ2) is 9.34. The average Bonchev–Trinajstić information content (AvgIpc) is 3.48. The predicted octanol–water partition coefficient (Wildman–Crippen LogP) is 1.70. The lowest BCUT2D eigenvalue weighted by molar-refractivity contribution is -0.121. The molecule has 3 atom stereocenters. The minimum Gasteiger partial charge on any atom is -0.445 e. The summed E-state index contributed by atoms with van der Waals surface area (Å²) in [6.45, 7) is 0.466. The van der Waals surface area contributed by atoms with Crippen LogP contribution >= 0.6 is 0 Å². The molecule has 0 bridgehead atoms. The van der Waals surface area contributed by atoms with Gasteiger partial charge in [-0.2, -0.15) is 0 Å². The first kappa shape index (κ1) is 19.9. The van der Waals surface area contributed by atoms with Crippen molar-refractivity contribution in [1.82, 2.24) is 10.2 Å². The number of rotatable bonds is 8. The lowest BCUT2D eigenvalue weighted by Gasteiger charge is -2.09. The highest BCUT2D eigenvalue weighted by Crippen LogP contribution is 2.33. The van der Waals surface area contributed by atoms with Crippen LogP contribution in [0.5, 0.6) is 0 Å². The number of nitrogens with zero attached hydrogens (tertiary/aromatic N) is 1. The van der Waals surface area contributed by atoms with Gasteiger partial charge in [-0.15, -0.1) is 0 Å². The molecular formula is C21H24N2O5. The molecule has 1 heterocycles. The Labute approximate surface area is 163 Å². The maximum atomic E-state index is 12.6. The lowest BCUT2D eigenvalue weighted by Crippen LogP contribution is -2.32. The van der Waals surface area contributed by atoms with Crippen LogP contribution in [0.3, 0.4) is 0 Å². The maximum absolute atomic E-state index is 12.6. The molecule has 1 fully saturated rings. The van der Waals surface area contributed by atoms with E-state index in [0.29, 0.717) is 6.54 Å². The van der Waals surface area contributed by atoms with Gasteiger partial charge in [0, 0.05) is 13.7 Å². The molecule has 3 rings (SSSR count). The van der Waals surface area contributed by atoms with E-state index >= 15 is 0 Å². The molecule has 0 unspecified atom stereocenters. The second-order valence-corrected chi connectivity index (χ2v) is 6.61. The predicted molar refractivity (Wildman–Crippen MR) is 102 cm³/mol. The minimum absolute atomic E-state index is 0.0234. The van der Waals surface area contributed by atoms with Crippen LogP contribution in [0.1, 0.15) is 11.1 Å². The molecule has 28 heavy (non-hydrogen) atoms. The molecule has 1 aliphatic rings. The van der Waals surface area contributed by atoms with Crippen LogP contribution < -0.4 is 5.32 Å². The maximum Gasteiger partial charge on any atom is 0.411 e. The van der Waals surface area contributed by atoms with E-state index < -0.39 is 24.3 Å². The molecule has 0 aromatic heterocycles. The first-order chi connectivity index (χ1) is 13.6. The standard InChI is InChI=1S/C21H24N2O5/c1-27-14-17(24)18-19(20(25)22-12-15-8-4-2-5-9-15)23(18)21(26)28-13-16-10-6-3-7-11-16/h2-11,17-19,24H,12-14H2,1H3,(H,22,25)/t17-,18+,19+,23?/m1/s1. The van der Waals surface area contributed by atoms with Crippen LogP contribution in [0.25, 0.3) is 0 Å². The molecule has 0 saturated carbocycles. The molecule has 7 heteroatoms. The third-order valence-corrected chi connectivity index (χ3v) is 4.58. The number of carbonyl (C=O) groups is 2. The number of aliphatic hydroxyl groups excluding tert-OH is 1. The van der Waals surface area contributed by atoms with Crippen molar-refractivity contribution in [2.45, 2.75) is 31.3 Å². The first-order valence-corrected chi connectivity index (χ1v) is 9.09. The Hall–Kier alpha value is -2.90. The summed E-state index contributed by atoms with van der Waals surface area (Å²) in [5.41, 5.74) is 1.79. The van der Waals surface area contributed by atoms with Gasteiger partial charge in [0.25, 0.3) is 0 Å². The summed E-state index contributed by atoms with van der Waals surface area (Å²) < 4.78 is 10.3. The highest BCUT2D eigenvalue weighted by atomic mass is 16.6. The summed E-state index contributed by atoms with van der Waals surface area (Å²) in [5.74, 6) is -0.333. The van der Waals surface area contributed by atoms with E-state index in [1.807, 2.05) is 60.7 Å². The van der Waals surface area contributed by atoms with Gasteiger partial charge in [-0.1, -0.05) is 60.7 Å². The van der Waals surface area contributed by atoms with E-state index in [1.165, 1.54) is 12.0 Å². The van der Waals surface area contributed by atoms with Gasteiger partial charge < -0.3 is 19.9 Å². The molecule has 0 spiro atoms. The molecule has 1 aliphatic heterocycles. The Kier molecular flexibility index (Phi) is 6.62. The number of carbonyl (C=O) groups excluding carboxylic acids is 2. The molecule has 1 saturated heterocycles. The van der Waals surface area contributed by atoms with Crippen molar-refractivity contribution < 1.29 is 24.2 Å². The van der Waals surface area contributed by atoms with Crippen LogP contribution in [0.2, 0.25) is 0 Å². The SMILES string of the molecule is COC[C@@H](O)[C@H]1[C@@H](C(=O)NCc2ccccc2)N1C(=O)OCc1ccccc1. The number of hydrogen-bond donors (Lipinski definition) is 2. The lowest BCUT2D eigenvalue weighted by atomic mass is 10.2. The van der Waals surface area contributed by atoms with E-state index in [0.717, 1.165) is 11.1 Å². The fourth-order valence-electron chi connectivity index (χ4n) is 3.11. The van der Waals surface area contributed by atoms with Crippen LogP contribution in [0, 0.1) is 0 Å². The van der Waals surface area contributed by atoms with Gasteiger partial charge in [0.15, 0.2) is 0 Å². The summed E-state index contributed by atoms with van der Waals surface area (Å²) >= 11 is 0. The van der Waals surface area contributed by atoms with Gasteiger partial charge in [-0.25, -0.2) is 4.79 Å². The Bertz CT molecular complexity index is 722. The van der Waals surface area contributed by atoms with Crippen LogP contribution in [-0.2, 0) is 27.4 Å². The van der Waals surface area contributed by atoms with Crippen LogP contribution in [-0.4, -0.2) is 53.9 Å². The zero-order valence-electron chi connectivity index (χ0n) is 15.7. The molecule has 0 aliphatic carbocycles. The van der Waals surface area contributed by atoms with Crippen molar-refractivity contribution in [3.8, 4) is 0 Å². The van der Waals surface area contributed by atoms with E-state index in [-0.39, 0.29) is 19.1 Å². The smallest absolute Gasteiger partial charge is 0.411 e. The monoisotopic (exact) mass is 384 g/mol. The van der Waals surface area contributed by atoms with Crippen molar-refractivity contribution in [3.63, 3.8) is 0 Å². The summed E-state index contributed by atoms with van der Waals surface area (Å²) in [4.78, 5) is 26.3. The number of methoxy groups -OCH3 is 1. The van der Waals surface area contributed by atoms with Gasteiger partial charge in [0.2, 0.25) is 5.91 Å². The highest BCUT2D eigenvalue weighted by Gasteiger charge is 2.59. The minimum atomic E-state index is -0.971. The van der Waals surface area contributed by atoms with Crippen molar-refractivity contribution in [2.75, 3.05) is 13.7 Å². The first-order valence-electron chi connectivity index (χ1n) is 9.09. The van der Waals surface area contributed by atoms with Gasteiger partial charge in [-0.05, 0) is 11.1 Å². The molecule has 2 amide bonds. The third-order valence-electron chi connectivity index (χ3n) is 4.58. The summed E-state index contributed by atoms with van der Waals surface area (Å²) in [7, 11) is 1.45. The van der Waals surface area contributed by atoms with Crippen molar-refractivity contribution >= 4 is 12.0 Å². The number of ether oxygens (including phenoxy) is 2. The molecule has 2 N–H and O–H groups in total. The normalized spacial score (nSPS) is 19.0. The average molecular weight is 384 g/mol. The topological polar surface area (TPSA) is 87.9 Å². The number of benzene rings is 2. The van der Waals surface area contributed by atoms with Crippen molar-refractivity contribution in [1.29, 1.82) is 0 Å². The molecule has 0 radical (unpaired) electrons. The van der Waals surface area contributed by atoms with E-state index in [9.17, 15) is 14.7 Å². The van der Waals surface area contributed by atoms with Crippen LogP contribution in [0.4, 0.5) is 4.79 Å². The Morgan fingerprint density at radius 3 is 2.29 bits per heavy atom. The van der Waals surface area contributed by atoms with Gasteiger partial charge in [0.1, 0.15) is 18.8 Å². The summed E-state index contributed by atoms with van der Waals surface area (Å²) in [5, 5.41) is 13.0. The molecule has 2 aromatic carbocycles. The largest absolute Gasteiger partial charge is 0.445 e. The number of aliphatic hydroxyl groups is 1.